The number of likely N-dealkylation sites (N-methyl/N-ethyl adjacent to an activating group) is 1. The first-order valence-electron chi connectivity index (χ1n) is 24.5. The number of carbonyl (C=O) groups is 5. The number of imide groups is 1. The normalized spacial score (nSPS) is 35.5. The van der Waals surface area contributed by atoms with E-state index in [0.29, 0.717) is 29.4 Å². The highest BCUT2D eigenvalue weighted by Crippen LogP contribution is 2.44. The Hall–Kier alpha value is -4.10. The van der Waals surface area contributed by atoms with Gasteiger partial charge in [-0.1, -0.05) is 63.0 Å². The van der Waals surface area contributed by atoms with Crippen LogP contribution in [-0.4, -0.2) is 155 Å². The number of aryl methyl sites for hydroxylation is 1. The number of methoxy groups -OCH3 is 1. The van der Waals surface area contributed by atoms with Crippen molar-refractivity contribution in [3.63, 3.8) is 0 Å². The van der Waals surface area contributed by atoms with Gasteiger partial charge in [0.05, 0.1) is 45.9 Å². The third kappa shape index (κ3) is 11.9. The van der Waals surface area contributed by atoms with E-state index < -0.39 is 108 Å². The first-order valence-corrected chi connectivity index (χ1v) is 25.3. The third-order valence-corrected chi connectivity index (χ3v) is 15.8. The third-order valence-electron chi connectivity index (χ3n) is 15.1. The van der Waals surface area contributed by atoms with Gasteiger partial charge in [-0.15, -0.1) is 0 Å². The number of Topliss-reactive ketones (excluding diaryl/α,β-unsaturated/α-hetero) is 1. The topological polar surface area (TPSA) is 193 Å². The van der Waals surface area contributed by atoms with Crippen LogP contribution in [0.15, 0.2) is 42.6 Å². The molecule has 388 valence electrons. The Morgan fingerprint density at radius 1 is 0.986 bits per heavy atom. The maximum atomic E-state index is 15.1. The van der Waals surface area contributed by atoms with Crippen LogP contribution in [-0.2, 0) is 55.6 Å². The number of amides is 3. The number of rotatable bonds is 13. The van der Waals surface area contributed by atoms with Crippen LogP contribution in [0.2, 0.25) is 10.0 Å². The summed E-state index contributed by atoms with van der Waals surface area (Å²) in [6, 6.07) is 9.00. The molecule has 1 aromatic heterocycles. The van der Waals surface area contributed by atoms with E-state index in [0.717, 1.165) is 29.0 Å². The number of aliphatic hydroxyl groups excluding tert-OH is 1. The molecule has 17 nitrogen and oxygen atoms in total. The number of ketones is 1. The van der Waals surface area contributed by atoms with Gasteiger partial charge < -0.3 is 43.2 Å². The summed E-state index contributed by atoms with van der Waals surface area (Å²) in [6.07, 6.45) is -4.75. The van der Waals surface area contributed by atoms with Crippen molar-refractivity contribution < 1.29 is 62.2 Å². The Morgan fingerprint density at radius 3 is 2.34 bits per heavy atom. The molecule has 19 heteroatoms. The van der Waals surface area contributed by atoms with Crippen molar-refractivity contribution in [2.75, 3.05) is 33.9 Å². The molecule has 4 saturated heterocycles. The molecule has 0 aliphatic carbocycles. The number of pyridine rings is 1. The molecule has 2 aromatic rings. The van der Waals surface area contributed by atoms with E-state index in [2.05, 4.69) is 9.88 Å². The molecule has 0 bridgehead atoms. The van der Waals surface area contributed by atoms with Crippen LogP contribution in [0.1, 0.15) is 99.3 Å². The van der Waals surface area contributed by atoms with Crippen molar-refractivity contribution in [3.05, 3.63) is 63.9 Å². The number of fused-ring (bicyclic) bond motifs is 1. The van der Waals surface area contributed by atoms with Gasteiger partial charge in [-0.05, 0) is 117 Å². The Kier molecular flexibility index (Phi) is 18.3. The highest BCUT2D eigenvalue weighted by Gasteiger charge is 2.61. The standard InChI is InChI=1S/C51H72Cl2N4O13/c1-12-39-51(9)43(56(47(61)70-51)23-20-34-18-19-36(52)37(53)25-34)31(5)40(58)28(2)26-50(8,64-11)44(32(6)42(33(7)45(60)67-39)68-49(63)57-29(3)27-65-48(57)62)69-46-41(59)38(24-30(4)66-46)55(10)22-15-17-35-16-13-14-21-54-35/h13-14,16,18-19,21,25,28-33,38-39,41-44,46,59H,12,15,17,20,22-24,26-27H2,1-11H3/t28-,29+,30-,31-,32+,33-,38+,39+,41-,42+,43-,44-,46+,50+,51-/m1/s1. The van der Waals surface area contributed by atoms with E-state index in [-0.39, 0.29) is 37.9 Å². The van der Waals surface area contributed by atoms with E-state index in [1.807, 2.05) is 32.2 Å². The first kappa shape index (κ1) is 55.2. The van der Waals surface area contributed by atoms with E-state index in [4.69, 9.17) is 56.4 Å². The molecular formula is C51H72Cl2N4O13. The van der Waals surface area contributed by atoms with Gasteiger partial charge >= 0.3 is 24.2 Å². The fourth-order valence-electron chi connectivity index (χ4n) is 11.1. The number of halogens is 2. The van der Waals surface area contributed by atoms with Crippen LogP contribution >= 0.6 is 23.2 Å². The zero-order chi connectivity index (χ0) is 51.4. The second-order valence-corrected chi connectivity index (χ2v) is 21.0. The summed E-state index contributed by atoms with van der Waals surface area (Å²) in [5.41, 5.74) is -1.18. The first-order chi connectivity index (χ1) is 33.0. The lowest BCUT2D eigenvalue weighted by Gasteiger charge is -2.48. The number of aliphatic hydroxyl groups is 1. The molecule has 1 aromatic carbocycles. The Morgan fingerprint density at radius 2 is 1.71 bits per heavy atom. The lowest BCUT2D eigenvalue weighted by Crippen LogP contribution is -2.61. The van der Waals surface area contributed by atoms with E-state index >= 15 is 4.79 Å². The Bertz CT molecular complexity index is 2180. The molecule has 4 aliphatic rings. The summed E-state index contributed by atoms with van der Waals surface area (Å²) < 4.78 is 43.8. The van der Waals surface area contributed by atoms with E-state index in [1.165, 1.54) is 12.0 Å². The zero-order valence-electron chi connectivity index (χ0n) is 42.3. The summed E-state index contributed by atoms with van der Waals surface area (Å²) >= 11 is 12.6. The number of hydrogen-bond donors (Lipinski definition) is 1. The van der Waals surface area contributed by atoms with Gasteiger partial charge in [0, 0.05) is 49.3 Å². The van der Waals surface area contributed by atoms with E-state index in [1.54, 1.807) is 79.8 Å². The summed E-state index contributed by atoms with van der Waals surface area (Å²) in [5, 5.41) is 12.9. The minimum absolute atomic E-state index is 0.0323. The Labute approximate surface area is 422 Å². The predicted molar refractivity (Wildman–Crippen MR) is 259 cm³/mol. The van der Waals surface area contributed by atoms with Crippen molar-refractivity contribution >= 4 is 53.2 Å². The molecule has 6 rings (SSSR count). The summed E-state index contributed by atoms with van der Waals surface area (Å²) in [4.78, 5) is 79.9. The monoisotopic (exact) mass is 1020 g/mol. The molecular weight excluding hydrogens is 947 g/mol. The maximum absolute atomic E-state index is 15.1. The highest BCUT2D eigenvalue weighted by atomic mass is 35.5. The van der Waals surface area contributed by atoms with Crippen LogP contribution in [0.4, 0.5) is 14.4 Å². The van der Waals surface area contributed by atoms with Crippen LogP contribution in [0.3, 0.4) is 0 Å². The minimum atomic E-state index is -1.53. The zero-order valence-corrected chi connectivity index (χ0v) is 43.8. The molecule has 1 N–H and O–H groups in total. The molecule has 5 heterocycles. The number of aromatic nitrogens is 1. The van der Waals surface area contributed by atoms with Crippen LogP contribution in [0.5, 0.6) is 0 Å². The van der Waals surface area contributed by atoms with Gasteiger partial charge in [-0.3, -0.25) is 19.5 Å². The van der Waals surface area contributed by atoms with Gasteiger partial charge in [0.2, 0.25) is 0 Å². The van der Waals surface area contributed by atoms with Crippen molar-refractivity contribution in [1.29, 1.82) is 0 Å². The molecule has 4 aliphatic heterocycles. The lowest BCUT2D eigenvalue weighted by atomic mass is 9.73. The predicted octanol–water partition coefficient (Wildman–Crippen LogP) is 7.91. The molecule has 4 fully saturated rings. The average Bonchev–Trinajstić information content (AvgIpc) is 3.81. The molecule has 0 saturated carbocycles. The number of benzene rings is 1. The largest absolute Gasteiger partial charge is 0.458 e. The molecule has 0 spiro atoms. The summed E-state index contributed by atoms with van der Waals surface area (Å²) in [7, 11) is 3.42. The van der Waals surface area contributed by atoms with Crippen LogP contribution in [0, 0.1) is 23.7 Å². The maximum Gasteiger partial charge on any atom is 0.419 e. The average molecular weight is 1020 g/mol. The van der Waals surface area contributed by atoms with Gasteiger partial charge in [-0.2, -0.15) is 0 Å². The van der Waals surface area contributed by atoms with Crippen molar-refractivity contribution in [1.82, 2.24) is 19.7 Å². The molecule has 70 heavy (non-hydrogen) atoms. The van der Waals surface area contributed by atoms with Crippen molar-refractivity contribution in [3.8, 4) is 0 Å². The number of esters is 1. The minimum Gasteiger partial charge on any atom is -0.458 e. The van der Waals surface area contributed by atoms with Gasteiger partial charge in [0.25, 0.3) is 0 Å². The lowest BCUT2D eigenvalue weighted by molar-refractivity contribution is -0.302. The number of nitrogens with zero attached hydrogens (tertiary/aromatic N) is 4. The van der Waals surface area contributed by atoms with Crippen LogP contribution < -0.4 is 0 Å². The van der Waals surface area contributed by atoms with Crippen LogP contribution in [0.25, 0.3) is 0 Å². The second-order valence-electron chi connectivity index (χ2n) is 20.2. The second kappa shape index (κ2) is 23.2. The van der Waals surface area contributed by atoms with E-state index in [9.17, 15) is 24.3 Å². The molecule has 3 amide bonds. The summed E-state index contributed by atoms with van der Waals surface area (Å²) in [6.45, 7) is 16.3. The number of cyclic esters (lactones) is 2. The number of carbonyl (C=O) groups excluding carboxylic acids is 5. The summed E-state index contributed by atoms with van der Waals surface area (Å²) in [5.74, 6) is -4.87. The van der Waals surface area contributed by atoms with Crippen molar-refractivity contribution in [2.24, 2.45) is 23.7 Å². The SMILES string of the molecule is CC[C@@H]1OC(=O)[C@H](C)[C@@H](OC(=O)N2C(=O)OC[C@@H]2C)[C@H](C)[C@@H](O[C@@H]2O[C@H](C)C[C@H](N(C)CCCc3ccccn3)[C@H]2O)[C@@](C)(OC)C[C@@H](C)C(=O)[C@@H](C)[C@H]2N(CCc3ccc(Cl)c(Cl)c3)C(=O)O[C@]12C. The molecule has 0 unspecified atom stereocenters. The quantitative estimate of drug-likeness (QED) is 0.150. The molecule has 15 atom stereocenters. The van der Waals surface area contributed by atoms with Gasteiger partial charge in [-0.25, -0.2) is 19.3 Å². The number of ether oxygens (including phenoxy) is 7. The van der Waals surface area contributed by atoms with Gasteiger partial charge in [0.15, 0.2) is 11.9 Å². The number of hydrogen-bond acceptors (Lipinski definition) is 15. The van der Waals surface area contributed by atoms with Gasteiger partial charge in [0.1, 0.15) is 30.7 Å². The fraction of sp³-hybridized carbons (Fsp3) is 0.686. The Balaban J connectivity index is 1.39. The smallest absolute Gasteiger partial charge is 0.419 e. The highest BCUT2D eigenvalue weighted by molar-refractivity contribution is 6.42. The fourth-order valence-corrected chi connectivity index (χ4v) is 11.4. The molecule has 0 radical (unpaired) electrons. The van der Waals surface area contributed by atoms with Crippen molar-refractivity contribution in [2.45, 2.75) is 167 Å².